The number of hydrogen-bond acceptors (Lipinski definition) is 4. The SMILES string of the molecule is O=C(NC1CCN(Cc2ccc(Cl)cc2)CC1)c1cc2ccccc2nc1N1CCCC1. The molecule has 2 saturated heterocycles. The van der Waals surface area contributed by atoms with Crippen molar-refractivity contribution in [2.24, 2.45) is 0 Å². The van der Waals surface area contributed by atoms with Crippen LogP contribution in [0, 0.1) is 0 Å². The van der Waals surface area contributed by atoms with Crippen LogP contribution in [0.1, 0.15) is 41.6 Å². The maximum Gasteiger partial charge on any atom is 0.255 e. The molecule has 1 aromatic heterocycles. The van der Waals surface area contributed by atoms with Gasteiger partial charge < -0.3 is 10.2 Å². The van der Waals surface area contributed by atoms with Crippen LogP contribution in [-0.2, 0) is 6.54 Å². The van der Waals surface area contributed by atoms with Gasteiger partial charge in [-0.2, -0.15) is 0 Å². The Labute approximate surface area is 194 Å². The molecule has 0 bridgehead atoms. The number of carbonyl (C=O) groups is 1. The number of para-hydroxylation sites is 1. The van der Waals surface area contributed by atoms with Gasteiger partial charge in [-0.1, -0.05) is 41.9 Å². The molecule has 0 spiro atoms. The van der Waals surface area contributed by atoms with Gasteiger partial charge in [0.25, 0.3) is 5.91 Å². The molecule has 0 unspecified atom stereocenters. The van der Waals surface area contributed by atoms with Gasteiger partial charge in [-0.15, -0.1) is 0 Å². The van der Waals surface area contributed by atoms with E-state index in [1.165, 1.54) is 5.56 Å². The second kappa shape index (κ2) is 9.47. The molecule has 0 atom stereocenters. The van der Waals surface area contributed by atoms with E-state index in [9.17, 15) is 4.79 Å². The Kier molecular flexibility index (Phi) is 6.28. The van der Waals surface area contributed by atoms with Crippen LogP contribution >= 0.6 is 11.6 Å². The topological polar surface area (TPSA) is 48.5 Å². The minimum atomic E-state index is 0.00121. The molecule has 32 heavy (non-hydrogen) atoms. The fourth-order valence-corrected chi connectivity index (χ4v) is 4.92. The van der Waals surface area contributed by atoms with Crippen molar-refractivity contribution in [3.8, 4) is 0 Å². The number of nitrogens with zero attached hydrogens (tertiary/aromatic N) is 3. The van der Waals surface area contributed by atoms with Crippen molar-refractivity contribution in [1.29, 1.82) is 0 Å². The molecule has 1 N–H and O–H groups in total. The van der Waals surface area contributed by atoms with Crippen molar-refractivity contribution < 1.29 is 4.79 Å². The Balaban J connectivity index is 1.26. The number of carbonyl (C=O) groups excluding carboxylic acids is 1. The quantitative estimate of drug-likeness (QED) is 0.604. The van der Waals surface area contributed by atoms with Crippen molar-refractivity contribution in [2.45, 2.75) is 38.3 Å². The first-order valence-electron chi connectivity index (χ1n) is 11.6. The van der Waals surface area contributed by atoms with Gasteiger partial charge in [0.2, 0.25) is 0 Å². The van der Waals surface area contributed by atoms with E-state index in [1.54, 1.807) is 0 Å². The van der Waals surface area contributed by atoms with Gasteiger partial charge in [0.1, 0.15) is 5.82 Å². The van der Waals surface area contributed by atoms with Crippen LogP contribution in [0.25, 0.3) is 10.9 Å². The van der Waals surface area contributed by atoms with Gasteiger partial charge in [0, 0.05) is 49.2 Å². The van der Waals surface area contributed by atoms with Crippen LogP contribution in [0.3, 0.4) is 0 Å². The molecule has 3 heterocycles. The average molecular weight is 449 g/mol. The summed E-state index contributed by atoms with van der Waals surface area (Å²) >= 11 is 6.00. The number of fused-ring (bicyclic) bond motifs is 1. The lowest BCUT2D eigenvalue weighted by Gasteiger charge is -2.32. The Morgan fingerprint density at radius 2 is 1.72 bits per heavy atom. The highest BCUT2D eigenvalue weighted by Gasteiger charge is 2.25. The van der Waals surface area contributed by atoms with Crippen LogP contribution in [-0.4, -0.2) is 48.0 Å². The molecule has 5 nitrogen and oxygen atoms in total. The van der Waals surface area contributed by atoms with E-state index in [0.717, 1.165) is 80.2 Å². The number of benzene rings is 2. The van der Waals surface area contributed by atoms with E-state index in [2.05, 4.69) is 27.2 Å². The lowest BCUT2D eigenvalue weighted by molar-refractivity contribution is 0.0909. The van der Waals surface area contributed by atoms with Crippen LogP contribution in [0.4, 0.5) is 5.82 Å². The van der Waals surface area contributed by atoms with Gasteiger partial charge in [0.05, 0.1) is 11.1 Å². The van der Waals surface area contributed by atoms with E-state index in [1.807, 2.05) is 42.5 Å². The summed E-state index contributed by atoms with van der Waals surface area (Å²) in [5.74, 6) is 0.833. The molecule has 0 saturated carbocycles. The fourth-order valence-electron chi connectivity index (χ4n) is 4.79. The molecule has 5 rings (SSSR count). The Bertz CT molecular complexity index is 1090. The Morgan fingerprint density at radius 1 is 1.00 bits per heavy atom. The number of amides is 1. The van der Waals surface area contributed by atoms with Gasteiger partial charge in [-0.25, -0.2) is 4.98 Å². The molecule has 6 heteroatoms. The third kappa shape index (κ3) is 4.74. The maximum atomic E-state index is 13.3. The molecule has 2 aromatic carbocycles. The molecule has 0 aliphatic carbocycles. The minimum absolute atomic E-state index is 0.00121. The van der Waals surface area contributed by atoms with E-state index in [4.69, 9.17) is 16.6 Å². The van der Waals surface area contributed by atoms with E-state index in [-0.39, 0.29) is 11.9 Å². The first-order valence-corrected chi connectivity index (χ1v) is 12.0. The number of likely N-dealkylation sites (tertiary alicyclic amines) is 1. The zero-order valence-electron chi connectivity index (χ0n) is 18.3. The van der Waals surface area contributed by atoms with E-state index < -0.39 is 0 Å². The lowest BCUT2D eigenvalue weighted by atomic mass is 10.0. The van der Waals surface area contributed by atoms with Crippen LogP contribution < -0.4 is 10.2 Å². The first kappa shape index (κ1) is 21.2. The lowest BCUT2D eigenvalue weighted by Crippen LogP contribution is -2.44. The van der Waals surface area contributed by atoms with E-state index in [0.29, 0.717) is 5.56 Å². The Hall–Kier alpha value is -2.63. The highest BCUT2D eigenvalue weighted by atomic mass is 35.5. The summed E-state index contributed by atoms with van der Waals surface area (Å²) in [5, 5.41) is 5.09. The number of rotatable bonds is 5. The number of hydrogen-bond donors (Lipinski definition) is 1. The Morgan fingerprint density at radius 3 is 2.47 bits per heavy atom. The van der Waals surface area contributed by atoms with Crippen LogP contribution in [0.5, 0.6) is 0 Å². The number of anilines is 1. The number of halogens is 1. The number of aromatic nitrogens is 1. The zero-order valence-corrected chi connectivity index (χ0v) is 19.0. The molecule has 0 radical (unpaired) electrons. The molecule has 3 aromatic rings. The van der Waals surface area contributed by atoms with Crippen LogP contribution in [0.15, 0.2) is 54.6 Å². The summed E-state index contributed by atoms with van der Waals surface area (Å²) in [6.45, 7) is 4.81. The fraction of sp³-hybridized carbons (Fsp3) is 0.385. The predicted octanol–water partition coefficient (Wildman–Crippen LogP) is 4.88. The maximum absolute atomic E-state index is 13.3. The predicted molar refractivity (Wildman–Crippen MR) is 130 cm³/mol. The molecular formula is C26H29ClN4O. The van der Waals surface area contributed by atoms with Crippen molar-refractivity contribution in [1.82, 2.24) is 15.2 Å². The van der Waals surface area contributed by atoms with Crippen molar-refractivity contribution in [3.63, 3.8) is 0 Å². The first-order chi connectivity index (χ1) is 15.7. The summed E-state index contributed by atoms with van der Waals surface area (Å²) in [6.07, 6.45) is 4.22. The highest BCUT2D eigenvalue weighted by molar-refractivity contribution is 6.30. The highest BCUT2D eigenvalue weighted by Crippen LogP contribution is 2.27. The molecular weight excluding hydrogens is 420 g/mol. The third-order valence-electron chi connectivity index (χ3n) is 6.60. The van der Waals surface area contributed by atoms with E-state index >= 15 is 0 Å². The molecule has 166 valence electrons. The third-order valence-corrected chi connectivity index (χ3v) is 6.85. The number of pyridine rings is 1. The smallest absolute Gasteiger partial charge is 0.255 e. The standard InChI is InChI=1S/C26H29ClN4O/c27-21-9-7-19(8-10-21)18-30-15-11-22(12-16-30)28-26(32)23-17-20-5-1-2-6-24(20)29-25(23)31-13-3-4-14-31/h1-2,5-10,17,22H,3-4,11-16,18H2,(H,28,32). The molecule has 2 aliphatic heterocycles. The van der Waals surface area contributed by atoms with Crippen molar-refractivity contribution in [3.05, 3.63) is 70.7 Å². The summed E-state index contributed by atoms with van der Waals surface area (Å²) in [5.41, 5.74) is 2.92. The summed E-state index contributed by atoms with van der Waals surface area (Å²) in [4.78, 5) is 22.9. The van der Waals surface area contributed by atoms with Gasteiger partial charge >= 0.3 is 0 Å². The zero-order chi connectivity index (χ0) is 21.9. The largest absolute Gasteiger partial charge is 0.356 e. The van der Waals surface area contributed by atoms with Crippen LogP contribution in [0.2, 0.25) is 5.02 Å². The molecule has 2 fully saturated rings. The average Bonchev–Trinajstić information content (AvgIpc) is 3.36. The number of nitrogens with one attached hydrogen (secondary N) is 1. The summed E-state index contributed by atoms with van der Waals surface area (Å²) < 4.78 is 0. The van der Waals surface area contributed by atoms with Crippen molar-refractivity contribution >= 4 is 34.2 Å². The molecule has 2 aliphatic rings. The second-order valence-electron chi connectivity index (χ2n) is 8.90. The normalized spacial score (nSPS) is 17.7. The van der Waals surface area contributed by atoms with Crippen molar-refractivity contribution in [2.75, 3.05) is 31.1 Å². The van der Waals surface area contributed by atoms with Gasteiger partial charge in [-0.3, -0.25) is 9.69 Å². The van der Waals surface area contributed by atoms with Gasteiger partial charge in [-0.05, 0) is 55.5 Å². The minimum Gasteiger partial charge on any atom is -0.356 e. The monoisotopic (exact) mass is 448 g/mol. The molecule has 1 amide bonds. The number of piperidine rings is 1. The summed E-state index contributed by atoms with van der Waals surface area (Å²) in [6, 6.07) is 18.3. The second-order valence-corrected chi connectivity index (χ2v) is 9.33. The van der Waals surface area contributed by atoms with Gasteiger partial charge in [0.15, 0.2) is 0 Å². The summed E-state index contributed by atoms with van der Waals surface area (Å²) in [7, 11) is 0.